The SMILES string of the molecule is CCCc1c(O)c(CC)cc2c1OCC(c1cc(OC)c(O)c(OC)c1)C2C1=CC(F)=C(O)CC1. The van der Waals surface area contributed by atoms with Gasteiger partial charge in [0.05, 0.1) is 20.8 Å². The number of hydrogen-bond acceptors (Lipinski definition) is 6. The van der Waals surface area contributed by atoms with Crippen LogP contribution in [0.2, 0.25) is 0 Å². The molecule has 2 atom stereocenters. The number of allylic oxidation sites excluding steroid dienone is 4. The molecular weight excluding hydrogens is 451 g/mol. The Balaban J connectivity index is 1.96. The van der Waals surface area contributed by atoms with Crippen LogP contribution in [0, 0.1) is 0 Å². The van der Waals surface area contributed by atoms with E-state index in [1.807, 2.05) is 13.0 Å². The van der Waals surface area contributed by atoms with E-state index in [2.05, 4.69) is 6.92 Å². The fourth-order valence-electron chi connectivity index (χ4n) is 5.26. The van der Waals surface area contributed by atoms with E-state index in [9.17, 15) is 19.7 Å². The van der Waals surface area contributed by atoms with Gasteiger partial charge in [-0.2, -0.15) is 0 Å². The Bertz CT molecular complexity index is 1160. The molecule has 2 aromatic carbocycles. The molecule has 2 unspecified atom stereocenters. The Hall–Kier alpha value is -3.35. The number of methoxy groups -OCH3 is 2. The minimum atomic E-state index is -0.623. The number of hydrogen-bond donors (Lipinski definition) is 3. The van der Waals surface area contributed by atoms with Crippen molar-refractivity contribution in [1.82, 2.24) is 0 Å². The molecule has 3 N–H and O–H groups in total. The van der Waals surface area contributed by atoms with Crippen LogP contribution >= 0.6 is 0 Å². The van der Waals surface area contributed by atoms with Crippen LogP contribution in [0.3, 0.4) is 0 Å². The second-order valence-electron chi connectivity index (χ2n) is 9.07. The van der Waals surface area contributed by atoms with Crippen molar-refractivity contribution in [3.63, 3.8) is 0 Å². The van der Waals surface area contributed by atoms with Crippen LogP contribution in [0.15, 0.2) is 41.4 Å². The van der Waals surface area contributed by atoms with Gasteiger partial charge in [-0.1, -0.05) is 25.8 Å². The molecule has 0 bridgehead atoms. The Labute approximate surface area is 205 Å². The molecule has 0 aromatic heterocycles. The molecule has 0 spiro atoms. The van der Waals surface area contributed by atoms with Crippen molar-refractivity contribution in [3.05, 3.63) is 63.7 Å². The number of phenolic OH excluding ortho intramolecular Hbond substituents is 2. The summed E-state index contributed by atoms with van der Waals surface area (Å²) in [6.45, 7) is 4.32. The van der Waals surface area contributed by atoms with Gasteiger partial charge in [-0.25, -0.2) is 4.39 Å². The second-order valence-corrected chi connectivity index (χ2v) is 9.07. The van der Waals surface area contributed by atoms with Gasteiger partial charge in [0.25, 0.3) is 0 Å². The minimum absolute atomic E-state index is 0.0911. The quantitative estimate of drug-likeness (QED) is 0.424. The summed E-state index contributed by atoms with van der Waals surface area (Å²) >= 11 is 0. The van der Waals surface area contributed by atoms with Crippen molar-refractivity contribution >= 4 is 0 Å². The smallest absolute Gasteiger partial charge is 0.200 e. The van der Waals surface area contributed by atoms with E-state index in [1.165, 1.54) is 20.3 Å². The fraction of sp³-hybridized carbons (Fsp3) is 0.429. The molecule has 2 aliphatic rings. The second kappa shape index (κ2) is 10.1. The normalized spacial score (nSPS) is 19.6. The lowest BCUT2D eigenvalue weighted by atomic mass is 9.72. The lowest BCUT2D eigenvalue weighted by Gasteiger charge is -2.38. The van der Waals surface area contributed by atoms with Crippen LogP contribution in [-0.2, 0) is 12.8 Å². The predicted molar refractivity (Wildman–Crippen MR) is 132 cm³/mol. The average molecular weight is 485 g/mol. The maximum absolute atomic E-state index is 14.6. The molecule has 188 valence electrons. The molecule has 1 aliphatic heterocycles. The third-order valence-electron chi connectivity index (χ3n) is 7.05. The molecule has 0 saturated carbocycles. The number of aliphatic hydroxyl groups excluding tert-OH is 1. The third-order valence-corrected chi connectivity index (χ3v) is 7.05. The number of halogens is 1. The molecule has 2 aromatic rings. The number of aromatic hydroxyl groups is 2. The van der Waals surface area contributed by atoms with Crippen LogP contribution in [0.5, 0.6) is 28.7 Å². The number of fused-ring (bicyclic) bond motifs is 1. The van der Waals surface area contributed by atoms with E-state index in [4.69, 9.17) is 14.2 Å². The van der Waals surface area contributed by atoms with Gasteiger partial charge in [0.2, 0.25) is 5.75 Å². The molecule has 4 rings (SSSR count). The topological polar surface area (TPSA) is 88.4 Å². The summed E-state index contributed by atoms with van der Waals surface area (Å²) in [7, 11) is 2.95. The van der Waals surface area contributed by atoms with E-state index >= 15 is 0 Å². The summed E-state index contributed by atoms with van der Waals surface area (Å²) in [5.41, 5.74) is 4.15. The Morgan fingerprint density at radius 2 is 1.69 bits per heavy atom. The molecule has 1 heterocycles. The molecule has 7 heteroatoms. The summed E-state index contributed by atoms with van der Waals surface area (Å²) in [5, 5.41) is 31.3. The third kappa shape index (κ3) is 4.40. The van der Waals surface area contributed by atoms with Crippen LogP contribution in [0.25, 0.3) is 0 Å². The van der Waals surface area contributed by atoms with Gasteiger partial charge in [0, 0.05) is 29.4 Å². The average Bonchev–Trinajstić information content (AvgIpc) is 2.86. The number of ether oxygens (including phenoxy) is 3. The number of rotatable bonds is 7. The summed E-state index contributed by atoms with van der Waals surface area (Å²) in [4.78, 5) is 0. The van der Waals surface area contributed by atoms with Crippen LogP contribution < -0.4 is 14.2 Å². The number of phenols is 2. The van der Waals surface area contributed by atoms with Crippen molar-refractivity contribution in [2.45, 2.75) is 57.8 Å². The summed E-state index contributed by atoms with van der Waals surface area (Å²) in [6.07, 6.45) is 4.29. The van der Waals surface area contributed by atoms with Gasteiger partial charge in [-0.05, 0) is 54.7 Å². The minimum Gasteiger partial charge on any atom is -0.509 e. The first-order valence-corrected chi connectivity index (χ1v) is 12.1. The molecule has 1 aliphatic carbocycles. The van der Waals surface area contributed by atoms with Gasteiger partial charge in [-0.15, -0.1) is 0 Å². The van der Waals surface area contributed by atoms with Gasteiger partial charge in [-0.3, -0.25) is 0 Å². The Morgan fingerprint density at radius 3 is 2.26 bits per heavy atom. The maximum Gasteiger partial charge on any atom is 0.200 e. The zero-order valence-corrected chi connectivity index (χ0v) is 20.7. The Kier molecular flexibility index (Phi) is 7.15. The lowest BCUT2D eigenvalue weighted by molar-refractivity contribution is 0.239. The molecule has 0 radical (unpaired) electrons. The van der Waals surface area contributed by atoms with E-state index in [0.717, 1.165) is 34.2 Å². The Morgan fingerprint density at radius 1 is 1.00 bits per heavy atom. The van der Waals surface area contributed by atoms with Crippen molar-refractivity contribution in [2.24, 2.45) is 0 Å². The zero-order chi connectivity index (χ0) is 25.3. The largest absolute Gasteiger partial charge is 0.509 e. The molecular formula is C28H33FO6. The van der Waals surface area contributed by atoms with Gasteiger partial charge < -0.3 is 29.5 Å². The van der Waals surface area contributed by atoms with E-state index in [1.54, 1.807) is 12.1 Å². The van der Waals surface area contributed by atoms with Gasteiger partial charge >= 0.3 is 0 Å². The van der Waals surface area contributed by atoms with Crippen LogP contribution in [0.1, 0.15) is 67.2 Å². The highest BCUT2D eigenvalue weighted by molar-refractivity contribution is 5.61. The van der Waals surface area contributed by atoms with Crippen LogP contribution in [0.4, 0.5) is 4.39 Å². The van der Waals surface area contributed by atoms with Crippen molar-refractivity contribution in [3.8, 4) is 28.7 Å². The van der Waals surface area contributed by atoms with E-state index < -0.39 is 5.83 Å². The fourth-order valence-corrected chi connectivity index (χ4v) is 5.26. The summed E-state index contributed by atoms with van der Waals surface area (Å²) in [5.74, 6) is 0.00641. The van der Waals surface area contributed by atoms with Gasteiger partial charge in [0.15, 0.2) is 17.3 Å². The van der Waals surface area contributed by atoms with Crippen molar-refractivity contribution in [1.29, 1.82) is 0 Å². The first kappa shape index (κ1) is 24.8. The van der Waals surface area contributed by atoms with Crippen LogP contribution in [-0.4, -0.2) is 36.1 Å². The van der Waals surface area contributed by atoms with E-state index in [-0.39, 0.29) is 53.6 Å². The van der Waals surface area contributed by atoms with Crippen molar-refractivity contribution in [2.75, 3.05) is 20.8 Å². The number of aliphatic hydroxyl groups is 1. The number of benzene rings is 2. The monoisotopic (exact) mass is 484 g/mol. The molecule has 35 heavy (non-hydrogen) atoms. The first-order valence-electron chi connectivity index (χ1n) is 12.1. The predicted octanol–water partition coefficient (Wildman–Crippen LogP) is 6.35. The molecule has 0 amide bonds. The molecule has 0 fully saturated rings. The standard InChI is InChI=1S/C28H33FO6/c1-5-7-18-26(31)15(6-2)10-19-25(16-8-9-22(30)21(29)11-16)20(14-35-28(18)19)17-12-23(33-3)27(32)24(13-17)34-4/h10-13,20,25,30-32H,5-9,14H2,1-4H3. The van der Waals surface area contributed by atoms with E-state index in [0.29, 0.717) is 25.0 Å². The highest BCUT2D eigenvalue weighted by Gasteiger charge is 2.38. The zero-order valence-electron chi connectivity index (χ0n) is 20.7. The van der Waals surface area contributed by atoms with Crippen molar-refractivity contribution < 1.29 is 33.9 Å². The molecule has 6 nitrogen and oxygen atoms in total. The number of aryl methyl sites for hydroxylation is 1. The highest BCUT2D eigenvalue weighted by atomic mass is 19.1. The molecule has 0 saturated heterocycles. The first-order chi connectivity index (χ1) is 16.8. The van der Waals surface area contributed by atoms with Gasteiger partial charge in [0.1, 0.15) is 17.3 Å². The lowest BCUT2D eigenvalue weighted by Crippen LogP contribution is -2.27. The maximum atomic E-state index is 14.6. The summed E-state index contributed by atoms with van der Waals surface area (Å²) < 4.78 is 31.7. The summed E-state index contributed by atoms with van der Waals surface area (Å²) in [6, 6.07) is 5.47. The highest BCUT2D eigenvalue weighted by Crippen LogP contribution is 2.53.